The van der Waals surface area contributed by atoms with Gasteiger partial charge in [0.05, 0.1) is 5.69 Å². The van der Waals surface area contributed by atoms with Crippen molar-refractivity contribution < 1.29 is 13.2 Å². The van der Waals surface area contributed by atoms with Crippen LogP contribution in [0.25, 0.3) is 0 Å². The van der Waals surface area contributed by atoms with Gasteiger partial charge in [-0.05, 0) is 41.9 Å². The molecule has 0 saturated heterocycles. The number of rotatable bonds is 1. The van der Waals surface area contributed by atoms with Gasteiger partial charge in [0.1, 0.15) is 5.41 Å². The van der Waals surface area contributed by atoms with Gasteiger partial charge in [-0.1, -0.05) is 0 Å². The molecule has 0 atom stereocenters. The van der Waals surface area contributed by atoms with Crippen LogP contribution in [0.1, 0.15) is 19.5 Å². The Morgan fingerprint density at radius 3 is 2.14 bits per heavy atom. The maximum absolute atomic E-state index is 12.6. The summed E-state index contributed by atoms with van der Waals surface area (Å²) < 4.78 is 38.4. The summed E-state index contributed by atoms with van der Waals surface area (Å²) in [5, 5.41) is 0. The van der Waals surface area contributed by atoms with Gasteiger partial charge in [-0.2, -0.15) is 13.2 Å². The minimum atomic E-state index is -4.28. The fraction of sp³-hybridized carbons (Fsp3) is 0.444. The second kappa shape index (κ2) is 3.53. The fourth-order valence-corrected chi connectivity index (χ4v) is 1.13. The second-order valence-corrected chi connectivity index (χ2v) is 4.40. The van der Waals surface area contributed by atoms with Gasteiger partial charge in [-0.25, -0.2) is 0 Å². The van der Waals surface area contributed by atoms with E-state index in [1.54, 1.807) is 6.07 Å². The summed E-state index contributed by atoms with van der Waals surface area (Å²) in [5.74, 6) is 0. The quantitative estimate of drug-likeness (QED) is 0.757. The van der Waals surface area contributed by atoms with Crippen molar-refractivity contribution in [3.8, 4) is 0 Å². The molecule has 0 aliphatic rings. The summed E-state index contributed by atoms with van der Waals surface area (Å²) in [5.41, 5.74) is -1.89. The minimum absolute atomic E-state index is 0.0215. The Kier molecular flexibility index (Phi) is 2.90. The number of alkyl halides is 3. The van der Waals surface area contributed by atoms with Gasteiger partial charge in [0.25, 0.3) is 0 Å². The molecule has 0 saturated carbocycles. The maximum Gasteiger partial charge on any atom is 0.399 e. The van der Waals surface area contributed by atoms with Crippen LogP contribution in [0.5, 0.6) is 0 Å². The van der Waals surface area contributed by atoms with Gasteiger partial charge in [-0.3, -0.25) is 4.98 Å². The van der Waals surface area contributed by atoms with Crippen LogP contribution in [0.3, 0.4) is 0 Å². The van der Waals surface area contributed by atoms with E-state index in [2.05, 4.69) is 20.9 Å². The number of nitrogens with zero attached hydrogens (tertiary/aromatic N) is 1. The van der Waals surface area contributed by atoms with E-state index in [-0.39, 0.29) is 5.69 Å². The smallest absolute Gasteiger partial charge is 0.259 e. The molecule has 0 N–H and O–H groups in total. The normalized spacial score (nSPS) is 13.0. The minimum Gasteiger partial charge on any atom is -0.259 e. The van der Waals surface area contributed by atoms with Crippen molar-refractivity contribution in [2.45, 2.75) is 25.4 Å². The Hall–Kier alpha value is -0.580. The fourth-order valence-electron chi connectivity index (χ4n) is 0.891. The Bertz CT molecular complexity index is 316. The summed E-state index contributed by atoms with van der Waals surface area (Å²) in [6.45, 7) is 2.23. The Balaban J connectivity index is 3.10. The highest BCUT2D eigenvalue weighted by atomic mass is 79.9. The average Bonchev–Trinajstić information content (AvgIpc) is 2.03. The molecule has 0 spiro atoms. The third-order valence-corrected chi connectivity index (χ3v) is 2.55. The highest BCUT2D eigenvalue weighted by molar-refractivity contribution is 9.10. The van der Waals surface area contributed by atoms with Crippen LogP contribution in [0.4, 0.5) is 13.2 Å². The van der Waals surface area contributed by atoms with E-state index in [0.717, 1.165) is 13.8 Å². The lowest BCUT2D eigenvalue weighted by Crippen LogP contribution is -2.37. The third kappa shape index (κ3) is 2.08. The molecule has 0 bridgehead atoms. The van der Waals surface area contributed by atoms with Crippen LogP contribution >= 0.6 is 15.9 Å². The molecule has 0 aliphatic carbocycles. The molecule has 1 rings (SSSR count). The van der Waals surface area contributed by atoms with E-state index >= 15 is 0 Å². The van der Waals surface area contributed by atoms with Crippen LogP contribution in [0.15, 0.2) is 22.8 Å². The van der Waals surface area contributed by atoms with Crippen molar-refractivity contribution in [1.82, 2.24) is 4.98 Å². The van der Waals surface area contributed by atoms with Crippen molar-refractivity contribution in [2.24, 2.45) is 0 Å². The van der Waals surface area contributed by atoms with Crippen LogP contribution in [-0.4, -0.2) is 11.2 Å². The van der Waals surface area contributed by atoms with Gasteiger partial charge in [-0.15, -0.1) is 0 Å². The van der Waals surface area contributed by atoms with E-state index in [4.69, 9.17) is 0 Å². The molecular formula is C9H9BrF3N. The van der Waals surface area contributed by atoms with Crippen LogP contribution in [0.2, 0.25) is 0 Å². The maximum atomic E-state index is 12.6. The lowest BCUT2D eigenvalue weighted by Gasteiger charge is -2.26. The molecule has 0 amide bonds. The van der Waals surface area contributed by atoms with E-state index in [1.807, 2.05) is 0 Å². The molecule has 1 heterocycles. The first kappa shape index (κ1) is 11.5. The standard InChI is InChI=1S/C9H9BrF3N/c1-8(2,9(11,12)13)7-4-3-6(10)5-14-7/h3-5H,1-2H3. The molecular weight excluding hydrogens is 259 g/mol. The summed E-state index contributed by atoms with van der Waals surface area (Å²) in [6, 6.07) is 2.92. The number of pyridine rings is 1. The Morgan fingerprint density at radius 2 is 1.79 bits per heavy atom. The van der Waals surface area contributed by atoms with Gasteiger partial charge < -0.3 is 0 Å². The van der Waals surface area contributed by atoms with E-state index < -0.39 is 11.6 Å². The lowest BCUT2D eigenvalue weighted by atomic mass is 9.88. The molecule has 1 aromatic heterocycles. The molecule has 78 valence electrons. The van der Waals surface area contributed by atoms with Crippen LogP contribution < -0.4 is 0 Å². The first-order valence-electron chi connectivity index (χ1n) is 3.94. The largest absolute Gasteiger partial charge is 0.399 e. The van der Waals surface area contributed by atoms with Crippen molar-refractivity contribution >= 4 is 15.9 Å². The molecule has 0 unspecified atom stereocenters. The summed E-state index contributed by atoms with van der Waals surface area (Å²) in [6.07, 6.45) is -2.92. The second-order valence-electron chi connectivity index (χ2n) is 3.48. The first-order valence-corrected chi connectivity index (χ1v) is 4.73. The van der Waals surface area contributed by atoms with Gasteiger partial charge in [0, 0.05) is 10.7 Å². The van der Waals surface area contributed by atoms with E-state index in [1.165, 1.54) is 12.3 Å². The molecule has 0 fully saturated rings. The van der Waals surface area contributed by atoms with Gasteiger partial charge >= 0.3 is 6.18 Å². The number of hydrogen-bond donors (Lipinski definition) is 0. The molecule has 0 aliphatic heterocycles. The summed E-state index contributed by atoms with van der Waals surface area (Å²) >= 11 is 3.12. The third-order valence-electron chi connectivity index (χ3n) is 2.08. The topological polar surface area (TPSA) is 12.9 Å². The predicted octanol–water partition coefficient (Wildman–Crippen LogP) is 3.68. The van der Waals surface area contributed by atoms with Crippen molar-refractivity contribution in [1.29, 1.82) is 0 Å². The Morgan fingerprint density at radius 1 is 1.21 bits per heavy atom. The van der Waals surface area contributed by atoms with Crippen LogP contribution in [0, 0.1) is 0 Å². The SMILES string of the molecule is CC(C)(c1ccc(Br)cn1)C(F)(F)F. The lowest BCUT2D eigenvalue weighted by molar-refractivity contribution is -0.181. The first-order chi connectivity index (χ1) is 6.25. The van der Waals surface area contributed by atoms with Crippen LogP contribution in [-0.2, 0) is 5.41 Å². The van der Waals surface area contributed by atoms with E-state index in [0.29, 0.717) is 4.47 Å². The predicted molar refractivity (Wildman–Crippen MR) is 51.0 cm³/mol. The summed E-state index contributed by atoms with van der Waals surface area (Å²) in [7, 11) is 0. The van der Waals surface area contributed by atoms with Gasteiger partial charge in [0.2, 0.25) is 0 Å². The zero-order valence-electron chi connectivity index (χ0n) is 7.69. The average molecular weight is 268 g/mol. The van der Waals surface area contributed by atoms with E-state index in [9.17, 15) is 13.2 Å². The molecule has 14 heavy (non-hydrogen) atoms. The highest BCUT2D eigenvalue weighted by Crippen LogP contribution is 2.39. The van der Waals surface area contributed by atoms with Crippen molar-refractivity contribution in [3.05, 3.63) is 28.5 Å². The monoisotopic (exact) mass is 267 g/mol. The van der Waals surface area contributed by atoms with Crippen molar-refractivity contribution in [2.75, 3.05) is 0 Å². The number of aromatic nitrogens is 1. The molecule has 1 aromatic rings. The zero-order valence-corrected chi connectivity index (χ0v) is 9.28. The van der Waals surface area contributed by atoms with Crippen molar-refractivity contribution in [3.63, 3.8) is 0 Å². The zero-order chi connectivity index (χ0) is 11.0. The number of hydrogen-bond acceptors (Lipinski definition) is 1. The molecule has 5 heteroatoms. The van der Waals surface area contributed by atoms with Gasteiger partial charge in [0.15, 0.2) is 0 Å². The molecule has 0 radical (unpaired) electrons. The highest BCUT2D eigenvalue weighted by Gasteiger charge is 2.49. The molecule has 1 nitrogen and oxygen atoms in total. The summed E-state index contributed by atoms with van der Waals surface area (Å²) in [4.78, 5) is 3.75. The molecule has 0 aromatic carbocycles. The Labute approximate surface area is 88.5 Å². The number of halogens is 4.